The van der Waals surface area contributed by atoms with Crippen LogP contribution in [0.2, 0.25) is 0 Å². The average molecular weight is 1080 g/mol. The first-order valence-electron chi connectivity index (χ1n) is 22.0. The molecule has 8 rings (SSSR count). The second kappa shape index (κ2) is 32.2. The number of nitroso groups, excluding NO2 is 1. The number of halogens is 7. The Hall–Kier alpha value is -8.20. The van der Waals surface area contributed by atoms with Crippen molar-refractivity contribution >= 4 is 52.7 Å². The predicted octanol–water partition coefficient (Wildman–Crippen LogP) is 11.2. The Labute approximate surface area is 431 Å². The normalized spacial score (nSPS) is 12.8. The Bertz CT molecular complexity index is 2740. The van der Waals surface area contributed by atoms with E-state index in [1.54, 1.807) is 18.2 Å². The molecule has 2 heterocycles. The Morgan fingerprint density at radius 1 is 0.658 bits per heavy atom. The summed E-state index contributed by atoms with van der Waals surface area (Å²) in [6.45, 7) is 5.09. The van der Waals surface area contributed by atoms with Gasteiger partial charge >= 0.3 is 18.4 Å². The van der Waals surface area contributed by atoms with Gasteiger partial charge in [0.1, 0.15) is 18.3 Å². The van der Waals surface area contributed by atoms with Crippen LogP contribution in [-0.2, 0) is 31.3 Å². The van der Waals surface area contributed by atoms with Gasteiger partial charge in [-0.05, 0) is 90.8 Å². The number of alkyl halides is 6. The lowest BCUT2D eigenvalue weighted by Crippen LogP contribution is -2.20. The largest absolute Gasteiger partial charge is 1.00 e. The van der Waals surface area contributed by atoms with E-state index in [1.807, 2.05) is 48.5 Å². The highest BCUT2D eigenvalue weighted by molar-refractivity contribution is 6.00. The third kappa shape index (κ3) is 22.5. The number of nitrogens with two attached hydrogens (primary N) is 2. The fourth-order valence-electron chi connectivity index (χ4n) is 6.19. The lowest BCUT2D eigenvalue weighted by atomic mass is 10.1. The van der Waals surface area contributed by atoms with Crippen molar-refractivity contribution in [3.8, 4) is 0 Å². The molecule has 25 heteroatoms. The molecule has 0 saturated carbocycles. The molecule has 0 spiro atoms. The number of aldehydes is 2. The standard InChI is InChI=1S/C16H13F3N2O2.2C9H11NO2.C8H6F3NO.C7H5NO3.C2H6O2.FH.H/c1-10-5-6-13(8-14(10)16(17,18)19)21-15(23)20-12-4-2-3-11(7-12)9-22;2*10-8-3-1-2-7(6-8)9-11-4-5-12-9;1-5-2-3-6(12-13)4-7(5)8(9,10)11;9-5-6-2-1-3-7(4-6)8(10)11;3-1-2-4;;/h2-9H,1H3,(H2,20,21,23);2*1-3,6,9H,4-5,10H2;2-4H,1H3;1-5H;3-4H,1-2H2;1H;/q;;;;;;;-1/i;;;;;;;1+2. The van der Waals surface area contributed by atoms with Crippen molar-refractivity contribution in [2.75, 3.05) is 61.7 Å². The number of nitrogens with one attached hydrogen (secondary N) is 2. The van der Waals surface area contributed by atoms with Crippen molar-refractivity contribution in [2.45, 2.75) is 38.8 Å². The van der Waals surface area contributed by atoms with Gasteiger partial charge < -0.3 is 52.7 Å². The van der Waals surface area contributed by atoms with Gasteiger partial charge in [-0.3, -0.25) is 24.4 Å². The molecule has 0 atom stereocenters. The summed E-state index contributed by atoms with van der Waals surface area (Å²) in [5.74, 6) is 0. The fraction of sp³-hybridized carbons (Fsp3) is 0.235. The number of aliphatic hydroxyl groups excluding tert-OH is 2. The zero-order chi connectivity index (χ0) is 55.6. The number of ether oxygens (including phenoxy) is 4. The lowest BCUT2D eigenvalue weighted by molar-refractivity contribution is -0.384. The highest BCUT2D eigenvalue weighted by Gasteiger charge is 2.33. The van der Waals surface area contributed by atoms with Crippen LogP contribution >= 0.6 is 0 Å². The number of rotatable bonds is 9. The quantitative estimate of drug-likeness (QED) is 0.0196. The van der Waals surface area contributed by atoms with E-state index in [-0.39, 0.29) is 60.1 Å². The third-order valence-electron chi connectivity index (χ3n) is 9.64. The minimum atomic E-state index is -4.49. The first-order valence-corrected chi connectivity index (χ1v) is 22.0. The molecule has 0 aliphatic carbocycles. The maximum absolute atomic E-state index is 12.8. The van der Waals surface area contributed by atoms with E-state index in [4.69, 9.17) is 40.6 Å². The van der Waals surface area contributed by atoms with E-state index in [0.29, 0.717) is 55.8 Å². The summed E-state index contributed by atoms with van der Waals surface area (Å²) in [7, 11) is 0. The maximum atomic E-state index is 12.8. The number of hydrogen-bond donors (Lipinski definition) is 6. The van der Waals surface area contributed by atoms with E-state index in [1.165, 1.54) is 68.4 Å². The molecule has 0 aromatic heterocycles. The number of carbonyl (C=O) groups excluding carboxylic acids is 3. The van der Waals surface area contributed by atoms with Crippen LogP contribution in [0.25, 0.3) is 0 Å². The lowest BCUT2D eigenvalue weighted by Gasteiger charge is -2.13. The SMILES string of the molecule is Cc1ccc(N=O)cc1C(F)(F)F.Cc1ccc(NC(=O)Nc2cccc(C=O)c2)cc1C(F)(F)F.F.Nc1cccc(C2OCCO2)c1.Nc1cccc(C2OCCO2)c1.O=Cc1cccc([N+](=O)[O-])c1.OCCO.[3H-]. The maximum Gasteiger partial charge on any atom is 0.416 e. The molecule has 0 bridgehead atoms. The Morgan fingerprint density at radius 3 is 1.50 bits per heavy atom. The van der Waals surface area contributed by atoms with Crippen LogP contribution in [0.3, 0.4) is 0 Å². The van der Waals surface area contributed by atoms with Crippen molar-refractivity contribution in [1.82, 2.24) is 0 Å². The molecule has 2 amide bonds. The molecule has 76 heavy (non-hydrogen) atoms. The molecule has 6 aromatic carbocycles. The van der Waals surface area contributed by atoms with Crippen molar-refractivity contribution in [3.05, 3.63) is 193 Å². The summed E-state index contributed by atoms with van der Waals surface area (Å²) in [6, 6.07) is 32.9. The van der Waals surface area contributed by atoms with Gasteiger partial charge in [-0.25, -0.2) is 4.79 Å². The van der Waals surface area contributed by atoms with E-state index < -0.39 is 34.4 Å². The first-order chi connectivity index (χ1) is 35.6. The molecule has 2 fully saturated rings. The summed E-state index contributed by atoms with van der Waals surface area (Å²) in [5, 5.41) is 32.6. The zero-order valence-electron chi connectivity index (χ0n) is 41.5. The Balaban J connectivity index is 0.000000483. The predicted molar refractivity (Wildman–Crippen MR) is 270 cm³/mol. The van der Waals surface area contributed by atoms with E-state index in [0.717, 1.165) is 34.6 Å². The van der Waals surface area contributed by atoms with Crippen LogP contribution < -0.4 is 22.1 Å². The number of hydrogen-bond acceptors (Lipinski definition) is 15. The van der Waals surface area contributed by atoms with Crippen LogP contribution in [0.1, 0.15) is 68.1 Å². The van der Waals surface area contributed by atoms with Crippen molar-refractivity contribution in [1.29, 1.82) is 0 Å². The second-order valence-electron chi connectivity index (χ2n) is 15.3. The van der Waals surface area contributed by atoms with E-state index in [2.05, 4.69) is 15.8 Å². The molecule has 8 N–H and O–H groups in total. The van der Waals surface area contributed by atoms with Gasteiger partial charge in [-0.15, -0.1) is 4.91 Å². The molecular formula is C51H54F7N6O12-. The molecule has 2 aliphatic rings. The highest BCUT2D eigenvalue weighted by atomic mass is 19.4. The number of anilines is 4. The van der Waals surface area contributed by atoms with Crippen LogP contribution in [0.5, 0.6) is 0 Å². The van der Waals surface area contributed by atoms with E-state index in [9.17, 15) is 55.7 Å². The molecule has 410 valence electrons. The summed E-state index contributed by atoms with van der Waals surface area (Å²) >= 11 is 0. The Kier molecular flexibility index (Phi) is 27.1. The number of nitrogens with zero attached hydrogens (tertiary/aromatic N) is 2. The number of aryl methyl sites for hydroxylation is 2. The molecule has 18 nitrogen and oxygen atoms in total. The van der Waals surface area contributed by atoms with E-state index >= 15 is 0 Å². The number of non-ortho nitro benzene ring substituents is 1. The number of nitrogen functional groups attached to an aromatic ring is 2. The smallest absolute Gasteiger partial charge is 0.416 e. The van der Waals surface area contributed by atoms with Crippen molar-refractivity contribution < 1.29 is 80.9 Å². The van der Waals surface area contributed by atoms with Crippen LogP contribution in [0, 0.1) is 28.9 Å². The molecule has 2 saturated heterocycles. The monoisotopic (exact) mass is 1080 g/mol. The number of benzene rings is 6. The van der Waals surface area contributed by atoms with Crippen LogP contribution in [0.15, 0.2) is 139 Å². The molecular weight excluding hydrogens is 1020 g/mol. The number of urea groups is 1. The molecule has 6 aromatic rings. The molecule has 2 aliphatic heterocycles. The number of nitro benzene ring substituents is 1. The number of nitro groups is 1. The summed E-state index contributed by atoms with van der Waals surface area (Å²) < 4.78 is 96.4. The number of amides is 2. The van der Waals surface area contributed by atoms with Gasteiger partial charge in [0.25, 0.3) is 5.69 Å². The molecule has 0 radical (unpaired) electrons. The zero-order valence-corrected chi connectivity index (χ0v) is 40.5. The summed E-state index contributed by atoms with van der Waals surface area (Å²) in [4.78, 5) is 52.3. The minimum Gasteiger partial charge on any atom is -1.00 e. The Morgan fingerprint density at radius 2 is 1.08 bits per heavy atom. The second-order valence-corrected chi connectivity index (χ2v) is 15.3. The highest BCUT2D eigenvalue weighted by Crippen LogP contribution is 2.35. The van der Waals surface area contributed by atoms with Crippen LogP contribution in [0.4, 0.5) is 70.0 Å². The summed E-state index contributed by atoms with van der Waals surface area (Å²) in [5.41, 5.74) is 14.0. The van der Waals surface area contributed by atoms with Gasteiger partial charge in [-0.2, -0.15) is 26.3 Å². The topological polar surface area (TPSA) is 277 Å². The minimum absolute atomic E-state index is 0. The first kappa shape index (κ1) is 63.9. The average Bonchev–Trinajstić information content (AvgIpc) is 4.14. The van der Waals surface area contributed by atoms with Gasteiger partial charge in [0.2, 0.25) is 0 Å². The third-order valence-corrected chi connectivity index (χ3v) is 9.64. The fourth-order valence-corrected chi connectivity index (χ4v) is 6.19. The van der Waals surface area contributed by atoms with Gasteiger partial charge in [0.15, 0.2) is 12.6 Å². The van der Waals surface area contributed by atoms with Crippen molar-refractivity contribution in [2.24, 2.45) is 5.18 Å². The van der Waals surface area contributed by atoms with Crippen molar-refractivity contribution in [3.63, 3.8) is 0 Å². The van der Waals surface area contributed by atoms with Gasteiger partial charge in [-0.1, -0.05) is 60.7 Å². The van der Waals surface area contributed by atoms with Crippen LogP contribution in [-0.4, -0.2) is 73.4 Å². The molecule has 0 unspecified atom stereocenters. The number of aliphatic hydroxyl groups is 2. The van der Waals surface area contributed by atoms with Gasteiger partial charge in [0, 0.05) is 57.1 Å². The number of carbonyl (C=O) groups is 3. The van der Waals surface area contributed by atoms with Gasteiger partial charge in [0.05, 0.1) is 55.7 Å². The summed E-state index contributed by atoms with van der Waals surface area (Å²) in [6.07, 6.45) is -8.14.